The molecule has 0 aliphatic carbocycles. The Morgan fingerprint density at radius 2 is 1.88 bits per heavy atom. The number of alkyl halides is 3. The fourth-order valence-corrected chi connectivity index (χ4v) is 3.77. The normalized spacial score (nSPS) is 12.9. The van der Waals surface area contributed by atoms with Crippen molar-refractivity contribution >= 4 is 39.8 Å². The van der Waals surface area contributed by atoms with Crippen molar-refractivity contribution in [1.82, 2.24) is 9.78 Å². The van der Waals surface area contributed by atoms with Crippen LogP contribution in [-0.4, -0.2) is 27.3 Å². The van der Waals surface area contributed by atoms with Gasteiger partial charge in [0.05, 0.1) is 26.4 Å². The number of halogens is 5. The minimum atomic E-state index is -4.62. The van der Waals surface area contributed by atoms with E-state index in [1.54, 1.807) is 0 Å². The van der Waals surface area contributed by atoms with E-state index in [0.29, 0.717) is 12.1 Å². The predicted octanol–water partition coefficient (Wildman–Crippen LogP) is 4.24. The molecule has 2 rings (SSSR count). The molecule has 0 saturated carbocycles. The van der Waals surface area contributed by atoms with Gasteiger partial charge >= 0.3 is 6.18 Å². The number of hydrogen-bond acceptors (Lipinski definition) is 5. The minimum Gasteiger partial charge on any atom is -0.372 e. The molecule has 1 N–H and O–H groups in total. The Labute approximate surface area is 152 Å². The lowest BCUT2D eigenvalue weighted by Crippen LogP contribution is -2.09. The largest absolute Gasteiger partial charge is 0.416 e. The zero-order chi connectivity index (χ0) is 18.9. The first-order valence-electron chi connectivity index (χ1n) is 6.60. The third-order valence-electron chi connectivity index (χ3n) is 3.20. The number of rotatable bonds is 5. The van der Waals surface area contributed by atoms with Crippen LogP contribution in [0.1, 0.15) is 11.3 Å². The van der Waals surface area contributed by atoms with E-state index in [-0.39, 0.29) is 38.7 Å². The summed E-state index contributed by atoms with van der Waals surface area (Å²) in [5.41, 5.74) is -0.949. The molecule has 0 amide bonds. The topological polar surface area (TPSA) is 76.3 Å². The fourth-order valence-electron chi connectivity index (χ4n) is 2.23. The molecule has 0 aliphatic rings. The summed E-state index contributed by atoms with van der Waals surface area (Å²) in [6.45, 7) is -0.369. The highest BCUT2D eigenvalue weighted by Crippen LogP contribution is 2.39. The molecule has 2 aromatic rings. The van der Waals surface area contributed by atoms with Crippen molar-refractivity contribution < 1.29 is 17.4 Å². The Hall–Kier alpha value is -1.65. The first-order valence-corrected chi connectivity index (χ1v) is 8.92. The molecular formula is C13H11Cl2F3N4O2S. The van der Waals surface area contributed by atoms with Crippen LogP contribution in [0.3, 0.4) is 0 Å². The third kappa shape index (κ3) is 3.80. The predicted molar refractivity (Wildman–Crippen MR) is 90.0 cm³/mol. The van der Waals surface area contributed by atoms with Crippen molar-refractivity contribution in [3.8, 4) is 5.69 Å². The van der Waals surface area contributed by atoms with Crippen LogP contribution in [0.15, 0.2) is 22.2 Å². The zero-order valence-corrected chi connectivity index (χ0v) is 15.1. The van der Waals surface area contributed by atoms with Crippen LogP contribution in [0.25, 0.3) is 5.69 Å². The van der Waals surface area contributed by atoms with Gasteiger partial charge < -0.3 is 5.32 Å². The van der Waals surface area contributed by atoms with Gasteiger partial charge in [-0.25, -0.2) is 4.68 Å². The lowest BCUT2D eigenvalue weighted by molar-refractivity contribution is -0.137. The van der Waals surface area contributed by atoms with Crippen molar-refractivity contribution in [2.24, 2.45) is 5.18 Å². The lowest BCUT2D eigenvalue weighted by atomic mass is 10.2. The average molecular weight is 415 g/mol. The standard InChI is InChI=1S/C13H11Cl2F3N4O2S/c1-19-12-11(25(2)24)9(5-20-23)21-22(12)10-7(14)3-6(4-8(10)15)13(16,17)18/h3-4,19H,5H2,1-2H3. The molecule has 6 nitrogen and oxygen atoms in total. The van der Waals surface area contributed by atoms with Crippen LogP contribution in [0.2, 0.25) is 10.0 Å². The van der Waals surface area contributed by atoms with Gasteiger partial charge in [-0.1, -0.05) is 28.4 Å². The van der Waals surface area contributed by atoms with Crippen molar-refractivity contribution in [2.75, 3.05) is 18.6 Å². The summed E-state index contributed by atoms with van der Waals surface area (Å²) in [5, 5.41) is 8.94. The van der Waals surface area contributed by atoms with Gasteiger partial charge in [-0.05, 0) is 12.1 Å². The van der Waals surface area contributed by atoms with Gasteiger partial charge in [-0.2, -0.15) is 23.2 Å². The van der Waals surface area contributed by atoms with Gasteiger partial charge in [0.15, 0.2) is 0 Å². The maximum atomic E-state index is 12.9. The quantitative estimate of drug-likeness (QED) is 0.742. The molecule has 1 heterocycles. The highest BCUT2D eigenvalue weighted by Gasteiger charge is 2.33. The first-order chi connectivity index (χ1) is 11.6. The van der Waals surface area contributed by atoms with E-state index >= 15 is 0 Å². The Morgan fingerprint density at radius 1 is 1.32 bits per heavy atom. The number of nitrogens with one attached hydrogen (secondary N) is 1. The van der Waals surface area contributed by atoms with Crippen LogP contribution in [-0.2, 0) is 23.5 Å². The summed E-state index contributed by atoms with van der Waals surface area (Å²) >= 11 is 12.0. The first kappa shape index (κ1) is 19.7. The van der Waals surface area contributed by atoms with Crippen molar-refractivity contribution in [3.05, 3.63) is 38.3 Å². The van der Waals surface area contributed by atoms with E-state index in [1.165, 1.54) is 13.3 Å². The van der Waals surface area contributed by atoms with E-state index in [2.05, 4.69) is 15.6 Å². The SMILES string of the molecule is CNc1c(S(C)=O)c(CN=O)nn1-c1c(Cl)cc(C(F)(F)F)cc1Cl. The number of aromatic nitrogens is 2. The molecular weight excluding hydrogens is 404 g/mol. The molecule has 0 fully saturated rings. The van der Waals surface area contributed by atoms with Crippen molar-refractivity contribution in [2.45, 2.75) is 17.6 Å². The zero-order valence-electron chi connectivity index (χ0n) is 12.8. The highest BCUT2D eigenvalue weighted by atomic mass is 35.5. The fraction of sp³-hybridized carbons (Fsp3) is 0.308. The van der Waals surface area contributed by atoms with Gasteiger partial charge in [0, 0.05) is 13.3 Å². The van der Waals surface area contributed by atoms with E-state index in [4.69, 9.17) is 23.2 Å². The maximum absolute atomic E-state index is 12.9. The maximum Gasteiger partial charge on any atom is 0.416 e. The monoisotopic (exact) mass is 414 g/mol. The molecule has 0 aliphatic heterocycles. The van der Waals surface area contributed by atoms with Crippen molar-refractivity contribution in [1.29, 1.82) is 0 Å². The molecule has 0 saturated heterocycles. The molecule has 0 bridgehead atoms. The molecule has 0 spiro atoms. The second kappa shape index (κ2) is 7.30. The number of benzene rings is 1. The number of anilines is 1. The van der Waals surface area contributed by atoms with E-state index in [9.17, 15) is 22.3 Å². The Kier molecular flexibility index (Phi) is 5.75. The molecule has 0 radical (unpaired) electrons. The van der Waals surface area contributed by atoms with Crippen LogP contribution in [0, 0.1) is 4.91 Å². The highest BCUT2D eigenvalue weighted by molar-refractivity contribution is 7.84. The van der Waals surface area contributed by atoms with E-state index < -0.39 is 22.5 Å². The van der Waals surface area contributed by atoms with Gasteiger partial charge in [0.25, 0.3) is 0 Å². The Morgan fingerprint density at radius 3 is 2.28 bits per heavy atom. The van der Waals surface area contributed by atoms with E-state index in [0.717, 1.165) is 4.68 Å². The van der Waals surface area contributed by atoms with Gasteiger partial charge in [0.1, 0.15) is 28.6 Å². The summed E-state index contributed by atoms with van der Waals surface area (Å²) in [4.78, 5) is 10.8. The van der Waals surface area contributed by atoms with Crippen LogP contribution >= 0.6 is 23.2 Å². The van der Waals surface area contributed by atoms with Gasteiger partial charge in [-0.15, -0.1) is 0 Å². The summed E-state index contributed by atoms with van der Waals surface area (Å²) in [5.74, 6) is 0.183. The lowest BCUT2D eigenvalue weighted by Gasteiger charge is -2.14. The number of nitroso groups, excluding NO2 is 1. The Bertz CT molecular complexity index is 832. The van der Waals surface area contributed by atoms with Crippen LogP contribution < -0.4 is 5.32 Å². The number of nitrogens with zero attached hydrogens (tertiary/aromatic N) is 3. The second-order valence-electron chi connectivity index (χ2n) is 4.81. The molecule has 12 heteroatoms. The minimum absolute atomic E-state index is 0.0375. The summed E-state index contributed by atoms with van der Waals surface area (Å²) in [7, 11) is -0.0550. The van der Waals surface area contributed by atoms with Crippen LogP contribution in [0.4, 0.5) is 19.0 Å². The summed E-state index contributed by atoms with van der Waals surface area (Å²) in [6.07, 6.45) is -3.25. The van der Waals surface area contributed by atoms with Crippen LogP contribution in [0.5, 0.6) is 0 Å². The second-order valence-corrected chi connectivity index (χ2v) is 6.94. The van der Waals surface area contributed by atoms with Gasteiger partial charge in [0.2, 0.25) is 0 Å². The summed E-state index contributed by atoms with van der Waals surface area (Å²) in [6, 6.07) is 1.42. The summed E-state index contributed by atoms with van der Waals surface area (Å²) < 4.78 is 51.7. The molecule has 1 aromatic heterocycles. The Balaban J connectivity index is 2.76. The molecule has 1 atom stereocenters. The average Bonchev–Trinajstić information content (AvgIpc) is 2.84. The van der Waals surface area contributed by atoms with E-state index in [1.807, 2.05) is 0 Å². The molecule has 136 valence electrons. The molecule has 25 heavy (non-hydrogen) atoms. The van der Waals surface area contributed by atoms with Gasteiger partial charge in [-0.3, -0.25) is 4.21 Å². The van der Waals surface area contributed by atoms with Crippen molar-refractivity contribution in [3.63, 3.8) is 0 Å². The number of hydrogen-bond donors (Lipinski definition) is 1. The molecule has 1 unspecified atom stereocenters. The molecule has 1 aromatic carbocycles. The smallest absolute Gasteiger partial charge is 0.372 e. The third-order valence-corrected chi connectivity index (χ3v) is 4.78.